The van der Waals surface area contributed by atoms with Gasteiger partial charge in [0.1, 0.15) is 11.6 Å². The summed E-state index contributed by atoms with van der Waals surface area (Å²) in [7, 11) is 1.53. The summed E-state index contributed by atoms with van der Waals surface area (Å²) < 4.78 is 19.2. The Bertz CT molecular complexity index is 872. The SMILES string of the molecule is COc1ccc(C)cc1N1C[C@H](C(=O)Nc2ccc(Cl)cc2F)CC1=O. The lowest BCUT2D eigenvalue weighted by molar-refractivity contribution is -0.122. The standard InChI is InChI=1S/C19H18ClFN2O3/c1-11-3-6-17(26-2)16(7-11)23-10-12(8-18(23)24)19(25)22-15-5-4-13(20)9-14(15)21/h3-7,9,12H,8,10H2,1-2H3,(H,22,25)/t12-/m1/s1. The highest BCUT2D eigenvalue weighted by Crippen LogP contribution is 2.34. The van der Waals surface area contributed by atoms with Gasteiger partial charge < -0.3 is 15.0 Å². The molecule has 0 aromatic heterocycles. The van der Waals surface area contributed by atoms with Gasteiger partial charge in [-0.15, -0.1) is 0 Å². The van der Waals surface area contributed by atoms with Crippen molar-refractivity contribution in [2.24, 2.45) is 5.92 Å². The second kappa shape index (κ2) is 7.33. The summed E-state index contributed by atoms with van der Waals surface area (Å²) in [6.45, 7) is 2.12. The number of benzene rings is 2. The zero-order valence-corrected chi connectivity index (χ0v) is 15.1. The van der Waals surface area contributed by atoms with Crippen molar-refractivity contribution in [3.05, 3.63) is 52.8 Å². The normalized spacial score (nSPS) is 16.7. The highest BCUT2D eigenvalue weighted by Gasteiger charge is 2.36. The molecule has 2 aromatic carbocycles. The van der Waals surface area contributed by atoms with E-state index in [1.165, 1.54) is 24.1 Å². The average Bonchev–Trinajstić information content (AvgIpc) is 2.99. The molecule has 136 valence electrons. The van der Waals surface area contributed by atoms with E-state index in [1.807, 2.05) is 19.1 Å². The van der Waals surface area contributed by atoms with E-state index < -0.39 is 17.6 Å². The molecule has 1 aliphatic heterocycles. The molecule has 0 spiro atoms. The molecule has 1 heterocycles. The van der Waals surface area contributed by atoms with Crippen molar-refractivity contribution in [3.8, 4) is 5.75 Å². The van der Waals surface area contributed by atoms with Crippen LogP contribution in [-0.4, -0.2) is 25.5 Å². The molecule has 1 N–H and O–H groups in total. The first-order valence-corrected chi connectivity index (χ1v) is 8.47. The number of hydrogen-bond donors (Lipinski definition) is 1. The first kappa shape index (κ1) is 18.2. The molecule has 5 nitrogen and oxygen atoms in total. The van der Waals surface area contributed by atoms with E-state index in [2.05, 4.69) is 5.32 Å². The largest absolute Gasteiger partial charge is 0.495 e. The minimum Gasteiger partial charge on any atom is -0.495 e. The van der Waals surface area contributed by atoms with Crippen LogP contribution in [0.4, 0.5) is 15.8 Å². The van der Waals surface area contributed by atoms with E-state index in [0.717, 1.165) is 11.6 Å². The number of ether oxygens (including phenoxy) is 1. The van der Waals surface area contributed by atoms with Gasteiger partial charge >= 0.3 is 0 Å². The first-order chi connectivity index (χ1) is 12.4. The van der Waals surface area contributed by atoms with Gasteiger partial charge in [0.25, 0.3) is 0 Å². The van der Waals surface area contributed by atoms with E-state index in [9.17, 15) is 14.0 Å². The van der Waals surface area contributed by atoms with Gasteiger partial charge in [0.2, 0.25) is 11.8 Å². The molecule has 2 amide bonds. The van der Waals surface area contributed by atoms with Crippen LogP contribution in [-0.2, 0) is 9.59 Å². The maximum Gasteiger partial charge on any atom is 0.229 e. The summed E-state index contributed by atoms with van der Waals surface area (Å²) in [5.74, 6) is -1.22. The molecule has 1 aliphatic rings. The number of anilines is 2. The number of hydrogen-bond acceptors (Lipinski definition) is 3. The van der Waals surface area contributed by atoms with Crippen LogP contribution >= 0.6 is 11.6 Å². The number of methoxy groups -OCH3 is 1. The Balaban J connectivity index is 1.77. The highest BCUT2D eigenvalue weighted by atomic mass is 35.5. The van der Waals surface area contributed by atoms with Gasteiger partial charge in [0.15, 0.2) is 0 Å². The van der Waals surface area contributed by atoms with E-state index in [0.29, 0.717) is 11.4 Å². The molecule has 1 atom stereocenters. The summed E-state index contributed by atoms with van der Waals surface area (Å²) in [5.41, 5.74) is 1.65. The van der Waals surface area contributed by atoms with Gasteiger partial charge in [-0.2, -0.15) is 0 Å². The predicted octanol–water partition coefficient (Wildman–Crippen LogP) is 3.79. The van der Waals surface area contributed by atoms with E-state index in [-0.39, 0.29) is 29.6 Å². The maximum absolute atomic E-state index is 13.9. The minimum absolute atomic E-state index is 0.0402. The Labute approximate surface area is 155 Å². The number of rotatable bonds is 4. The summed E-state index contributed by atoms with van der Waals surface area (Å²) in [6, 6.07) is 9.53. The lowest BCUT2D eigenvalue weighted by Crippen LogP contribution is -2.28. The summed E-state index contributed by atoms with van der Waals surface area (Å²) in [5, 5.41) is 2.77. The van der Waals surface area contributed by atoms with Crippen molar-refractivity contribution in [1.29, 1.82) is 0 Å². The molecular weight excluding hydrogens is 359 g/mol. The van der Waals surface area contributed by atoms with Crippen LogP contribution in [0.2, 0.25) is 5.02 Å². The topological polar surface area (TPSA) is 58.6 Å². The summed E-state index contributed by atoms with van der Waals surface area (Å²) >= 11 is 5.71. The van der Waals surface area contributed by atoms with E-state index in [1.54, 1.807) is 6.07 Å². The fraction of sp³-hybridized carbons (Fsp3) is 0.263. The Morgan fingerprint density at radius 1 is 1.31 bits per heavy atom. The Hall–Kier alpha value is -2.60. The number of aryl methyl sites for hydroxylation is 1. The van der Waals surface area contributed by atoms with Crippen LogP contribution < -0.4 is 15.0 Å². The highest BCUT2D eigenvalue weighted by molar-refractivity contribution is 6.30. The van der Waals surface area contributed by atoms with Crippen LogP contribution in [0.25, 0.3) is 0 Å². The number of amides is 2. The number of halogens is 2. The van der Waals surface area contributed by atoms with E-state index in [4.69, 9.17) is 16.3 Å². The van der Waals surface area contributed by atoms with Crippen LogP contribution in [0.1, 0.15) is 12.0 Å². The lowest BCUT2D eigenvalue weighted by atomic mass is 10.1. The van der Waals surface area contributed by atoms with Crippen molar-refractivity contribution >= 4 is 34.8 Å². The first-order valence-electron chi connectivity index (χ1n) is 8.10. The van der Waals surface area contributed by atoms with Crippen LogP contribution in [0.5, 0.6) is 5.75 Å². The molecule has 2 aromatic rings. The number of carbonyl (C=O) groups is 2. The summed E-state index contributed by atoms with van der Waals surface area (Å²) in [4.78, 5) is 26.4. The molecular formula is C19H18ClFN2O3. The fourth-order valence-corrected chi connectivity index (χ4v) is 3.11. The molecule has 7 heteroatoms. The third kappa shape index (κ3) is 3.65. The van der Waals surface area contributed by atoms with Gasteiger partial charge in [-0.25, -0.2) is 4.39 Å². The van der Waals surface area contributed by atoms with Gasteiger partial charge in [-0.3, -0.25) is 9.59 Å². The fourth-order valence-electron chi connectivity index (χ4n) is 2.95. The molecule has 1 saturated heterocycles. The van der Waals surface area contributed by atoms with Crippen molar-refractivity contribution in [1.82, 2.24) is 0 Å². The molecule has 0 unspecified atom stereocenters. The molecule has 1 fully saturated rings. The van der Waals surface area contributed by atoms with Crippen LogP contribution in [0.15, 0.2) is 36.4 Å². The zero-order chi connectivity index (χ0) is 18.8. The maximum atomic E-state index is 13.9. The van der Waals surface area contributed by atoms with Crippen LogP contribution in [0.3, 0.4) is 0 Å². The summed E-state index contributed by atoms with van der Waals surface area (Å²) in [6.07, 6.45) is 0.0537. The third-order valence-corrected chi connectivity index (χ3v) is 4.55. The van der Waals surface area contributed by atoms with Crippen LogP contribution in [0, 0.1) is 18.7 Å². The average molecular weight is 377 g/mol. The van der Waals surface area contributed by atoms with Gasteiger partial charge in [0.05, 0.1) is 24.4 Å². The molecule has 0 radical (unpaired) electrons. The smallest absolute Gasteiger partial charge is 0.229 e. The zero-order valence-electron chi connectivity index (χ0n) is 14.4. The van der Waals surface area contributed by atoms with Gasteiger partial charge in [-0.1, -0.05) is 17.7 Å². The second-order valence-electron chi connectivity index (χ2n) is 6.19. The quantitative estimate of drug-likeness (QED) is 0.883. The molecule has 0 aliphatic carbocycles. The minimum atomic E-state index is -0.618. The molecule has 0 saturated carbocycles. The van der Waals surface area contributed by atoms with Gasteiger partial charge in [-0.05, 0) is 42.8 Å². The predicted molar refractivity (Wildman–Crippen MR) is 98.2 cm³/mol. The third-order valence-electron chi connectivity index (χ3n) is 4.31. The number of nitrogens with one attached hydrogen (secondary N) is 1. The van der Waals surface area contributed by atoms with Gasteiger partial charge in [0, 0.05) is 18.0 Å². The van der Waals surface area contributed by atoms with Crippen molar-refractivity contribution in [2.75, 3.05) is 23.9 Å². The Kier molecular flexibility index (Phi) is 5.13. The van der Waals surface area contributed by atoms with Crippen molar-refractivity contribution in [3.63, 3.8) is 0 Å². The second-order valence-corrected chi connectivity index (χ2v) is 6.63. The van der Waals surface area contributed by atoms with Crippen molar-refractivity contribution in [2.45, 2.75) is 13.3 Å². The monoisotopic (exact) mass is 376 g/mol. The Morgan fingerprint density at radius 3 is 2.77 bits per heavy atom. The molecule has 0 bridgehead atoms. The molecule has 26 heavy (non-hydrogen) atoms. The number of nitrogens with zero attached hydrogens (tertiary/aromatic N) is 1. The molecule has 3 rings (SSSR count). The van der Waals surface area contributed by atoms with Crippen molar-refractivity contribution < 1.29 is 18.7 Å². The van der Waals surface area contributed by atoms with E-state index >= 15 is 0 Å². The lowest BCUT2D eigenvalue weighted by Gasteiger charge is -2.20. The number of carbonyl (C=O) groups excluding carboxylic acids is 2. The Morgan fingerprint density at radius 2 is 2.08 bits per heavy atom.